The summed E-state index contributed by atoms with van der Waals surface area (Å²) in [5, 5.41) is 0. The first-order valence-electron chi connectivity index (χ1n) is 0. The Hall–Kier alpha value is 1.43. The van der Waals surface area contributed by atoms with Crippen LogP contribution in [-0.4, -0.2) is 56.0 Å². The van der Waals surface area contributed by atoms with Crippen molar-refractivity contribution in [2.45, 2.75) is 0 Å². The van der Waals surface area contributed by atoms with Crippen molar-refractivity contribution in [1.29, 1.82) is 0 Å². The topological polar surface area (TPSA) is 31.5 Å². The molecule has 0 amide bonds. The average Bonchev–Trinajstić information content (AvgIpc) is 0. The Balaban J connectivity index is 0. The molecule has 0 aliphatic rings. The quantitative estimate of drug-likeness (QED) is 0.270. The average molecular weight is 85.4 g/mol. The zero-order valence-electron chi connectivity index (χ0n) is 0.500. The summed E-state index contributed by atoms with van der Waals surface area (Å²) >= 11 is 0. The molecule has 0 radical (unpaired) electrons. The van der Waals surface area contributed by atoms with Crippen molar-refractivity contribution in [3.05, 3.63) is 0 Å². The Morgan fingerprint density at radius 2 is 1.00 bits per heavy atom. The third kappa shape index (κ3) is 9.91. The minimum absolute atomic E-state index is 0. The number of hydrogen-bond acceptors (Lipinski definition) is 0. The van der Waals surface area contributed by atoms with E-state index in [4.69, 9.17) is 0 Å². The standard InChI is InChI=1S/Al.Be.Mg.H2O.7H/h;;;1H2;;;;;;;. The Morgan fingerprint density at radius 3 is 1.00 bits per heavy atom. The van der Waals surface area contributed by atoms with E-state index in [9.17, 15) is 0 Å². The van der Waals surface area contributed by atoms with E-state index in [1.807, 2.05) is 0 Å². The van der Waals surface area contributed by atoms with Crippen LogP contribution in [0.3, 0.4) is 0 Å². The Morgan fingerprint density at radius 1 is 1.00 bits per heavy atom. The summed E-state index contributed by atoms with van der Waals surface area (Å²) in [5.41, 5.74) is 0. The Bertz CT molecular complexity index is 8.00. The van der Waals surface area contributed by atoms with Gasteiger partial charge in [0, 0.05) is 0 Å². The van der Waals surface area contributed by atoms with Crippen LogP contribution in [0.25, 0.3) is 0 Å². The van der Waals surface area contributed by atoms with E-state index in [2.05, 4.69) is 0 Å². The van der Waals surface area contributed by atoms with Crippen LogP contribution in [0, 0.1) is 0 Å². The van der Waals surface area contributed by atoms with Gasteiger partial charge in [-0.2, -0.15) is 0 Å². The van der Waals surface area contributed by atoms with Crippen molar-refractivity contribution in [2.24, 2.45) is 0 Å². The van der Waals surface area contributed by atoms with Gasteiger partial charge in [0.1, 0.15) is 0 Å². The second-order valence-electron chi connectivity index (χ2n) is 0. The van der Waals surface area contributed by atoms with Crippen LogP contribution in [0.4, 0.5) is 0 Å². The molecule has 22 valence electrons. The Kier molecular flexibility index (Phi) is 333. The monoisotopic (exact) mass is 85.0 g/mol. The predicted molar refractivity (Wildman–Crippen MR) is 30.6 cm³/mol. The van der Waals surface area contributed by atoms with Crippen molar-refractivity contribution < 1.29 is 5.48 Å². The van der Waals surface area contributed by atoms with E-state index in [-0.39, 0.29) is 56.0 Å². The molecule has 0 heterocycles. The summed E-state index contributed by atoms with van der Waals surface area (Å²) in [4.78, 5) is 0. The molecule has 0 aromatic heterocycles. The van der Waals surface area contributed by atoms with Crippen LogP contribution < -0.4 is 0 Å². The molecule has 0 fully saturated rings. The van der Waals surface area contributed by atoms with Crippen LogP contribution in [0.2, 0.25) is 0 Å². The van der Waals surface area contributed by atoms with Gasteiger partial charge >= 0.3 is 33.2 Å². The third-order valence-electron chi connectivity index (χ3n) is 0. The van der Waals surface area contributed by atoms with Crippen LogP contribution in [0.15, 0.2) is 0 Å². The Labute approximate surface area is 56.0 Å². The van der Waals surface area contributed by atoms with E-state index in [0.29, 0.717) is 0 Å². The first kappa shape index (κ1) is 52.2. The van der Waals surface area contributed by atoms with Crippen LogP contribution in [-0.2, 0) is 0 Å². The zero-order chi connectivity index (χ0) is 0. The smallest absolute Gasteiger partial charge is 0.316 e. The van der Waals surface area contributed by atoms with E-state index >= 15 is 0 Å². The summed E-state index contributed by atoms with van der Waals surface area (Å²) < 4.78 is 0. The van der Waals surface area contributed by atoms with Gasteiger partial charge in [-0.25, -0.2) is 0 Å². The molecule has 0 rings (SSSR count). The van der Waals surface area contributed by atoms with Crippen molar-refractivity contribution in [3.8, 4) is 0 Å². The van der Waals surface area contributed by atoms with Gasteiger partial charge in [0.25, 0.3) is 0 Å². The normalized spacial score (nSPS) is 0. The van der Waals surface area contributed by atoms with Gasteiger partial charge in [0.2, 0.25) is 0 Å². The third-order valence-corrected chi connectivity index (χ3v) is 0. The number of rotatable bonds is 0. The van der Waals surface area contributed by atoms with Crippen molar-refractivity contribution >= 4 is 50.5 Å². The minimum Gasteiger partial charge on any atom is 0.316 e. The summed E-state index contributed by atoms with van der Waals surface area (Å²) in [7, 11) is 0. The van der Waals surface area contributed by atoms with E-state index in [0.717, 1.165) is 0 Å². The van der Waals surface area contributed by atoms with E-state index in [1.165, 1.54) is 0 Å². The molecule has 0 aliphatic carbocycles. The SMILES string of the molecule is O.[AlH3].[BeH2].[MgH2]. The van der Waals surface area contributed by atoms with Crippen LogP contribution >= 0.6 is 0 Å². The van der Waals surface area contributed by atoms with Gasteiger partial charge in [0.05, 0.1) is 0 Å². The minimum atomic E-state index is 0. The maximum atomic E-state index is 0. The molecule has 0 aromatic rings. The van der Waals surface area contributed by atoms with Crippen molar-refractivity contribution in [3.63, 3.8) is 0 Å². The first-order chi connectivity index (χ1) is 0. The zero-order valence-corrected chi connectivity index (χ0v) is 0.500. The molecule has 0 aliphatic heterocycles. The fourth-order valence-corrected chi connectivity index (χ4v) is 0. The van der Waals surface area contributed by atoms with Crippen LogP contribution in [0.1, 0.15) is 0 Å². The molecule has 0 spiro atoms. The molecule has 2 N–H and O–H groups in total. The molecule has 0 atom stereocenters. The maximum Gasteiger partial charge on any atom is 0.316 e. The fraction of sp³-hybridized carbons (Fsp3) is 0. The molecular formula is H9AlBeMgO. The summed E-state index contributed by atoms with van der Waals surface area (Å²) in [6, 6.07) is 0. The molecule has 4 heteroatoms. The predicted octanol–water partition coefficient (Wildman–Crippen LogP) is -3.84. The van der Waals surface area contributed by atoms with Gasteiger partial charge in [0.15, 0.2) is 17.4 Å². The summed E-state index contributed by atoms with van der Waals surface area (Å²) in [5.74, 6) is 0. The molecule has 0 bridgehead atoms. The number of hydrogen-bond donors (Lipinski definition) is 0. The molecule has 0 saturated carbocycles. The second-order valence-corrected chi connectivity index (χ2v) is 0. The summed E-state index contributed by atoms with van der Waals surface area (Å²) in [6.07, 6.45) is 0. The molecule has 4 heavy (non-hydrogen) atoms. The van der Waals surface area contributed by atoms with Crippen molar-refractivity contribution in [2.75, 3.05) is 0 Å². The van der Waals surface area contributed by atoms with Gasteiger partial charge in [-0.05, 0) is 0 Å². The van der Waals surface area contributed by atoms with Crippen LogP contribution in [0.5, 0.6) is 0 Å². The summed E-state index contributed by atoms with van der Waals surface area (Å²) in [6.45, 7) is 0. The van der Waals surface area contributed by atoms with E-state index < -0.39 is 0 Å². The first-order valence-corrected chi connectivity index (χ1v) is 0. The van der Waals surface area contributed by atoms with Gasteiger partial charge in [-0.3, -0.25) is 0 Å². The molecule has 0 aromatic carbocycles. The van der Waals surface area contributed by atoms with Gasteiger partial charge in [-0.15, -0.1) is 0 Å². The largest absolute Gasteiger partial charge is 0.316 e. The van der Waals surface area contributed by atoms with E-state index in [1.54, 1.807) is 0 Å². The molecule has 1 nitrogen and oxygen atoms in total. The molecular weight excluding hydrogens is 76.3 g/mol. The molecule has 0 unspecified atom stereocenters. The molecule has 0 saturated heterocycles. The van der Waals surface area contributed by atoms with Crippen molar-refractivity contribution in [1.82, 2.24) is 0 Å². The van der Waals surface area contributed by atoms with Gasteiger partial charge in [-0.1, -0.05) is 0 Å². The fourth-order valence-electron chi connectivity index (χ4n) is 0. The van der Waals surface area contributed by atoms with Gasteiger partial charge < -0.3 is 5.48 Å². The second kappa shape index (κ2) is 25.5. The maximum absolute atomic E-state index is 0.